The Morgan fingerprint density at radius 3 is 2.79 bits per heavy atom. The van der Waals surface area contributed by atoms with Crippen LogP contribution in [0.5, 0.6) is 0 Å². The van der Waals surface area contributed by atoms with Gasteiger partial charge >= 0.3 is 5.97 Å². The van der Waals surface area contributed by atoms with Gasteiger partial charge in [-0.05, 0) is 19.4 Å². The standard InChI is InChI=1S/C14H24N2O3/c1-2-16-8-9-19-14(18)12(16)10-13(17)15-11-6-4-3-5-7-11/h11-12H,2-10H2,1H3,(H,15,17)/t12-/m1/s1. The molecule has 5 nitrogen and oxygen atoms in total. The van der Waals surface area contributed by atoms with E-state index in [1.54, 1.807) is 0 Å². The van der Waals surface area contributed by atoms with Crippen LogP contribution in [0.1, 0.15) is 45.4 Å². The number of likely N-dealkylation sites (N-methyl/N-ethyl adjacent to an activating group) is 1. The molecule has 0 spiro atoms. The van der Waals surface area contributed by atoms with Crippen LogP contribution in [0.2, 0.25) is 0 Å². The summed E-state index contributed by atoms with van der Waals surface area (Å²) in [6, 6.07) is -0.0988. The second kappa shape index (κ2) is 6.89. The number of ether oxygens (including phenoxy) is 1. The van der Waals surface area contributed by atoms with Crippen molar-refractivity contribution in [1.82, 2.24) is 10.2 Å². The van der Waals surface area contributed by atoms with Gasteiger partial charge in [-0.3, -0.25) is 14.5 Å². The predicted molar refractivity (Wildman–Crippen MR) is 71.6 cm³/mol. The van der Waals surface area contributed by atoms with Gasteiger partial charge in [-0.15, -0.1) is 0 Å². The molecule has 2 rings (SSSR count). The summed E-state index contributed by atoms with van der Waals surface area (Å²) >= 11 is 0. The summed E-state index contributed by atoms with van der Waals surface area (Å²) in [4.78, 5) is 25.8. The van der Waals surface area contributed by atoms with Gasteiger partial charge in [-0.1, -0.05) is 26.2 Å². The van der Waals surface area contributed by atoms with E-state index in [-0.39, 0.29) is 18.3 Å². The Hall–Kier alpha value is -1.10. The molecule has 2 fully saturated rings. The number of nitrogens with one attached hydrogen (secondary N) is 1. The zero-order valence-corrected chi connectivity index (χ0v) is 11.7. The van der Waals surface area contributed by atoms with Crippen LogP contribution >= 0.6 is 0 Å². The number of nitrogens with zero attached hydrogens (tertiary/aromatic N) is 1. The molecule has 1 aliphatic carbocycles. The van der Waals surface area contributed by atoms with Crippen molar-refractivity contribution < 1.29 is 14.3 Å². The van der Waals surface area contributed by atoms with Crippen molar-refractivity contribution >= 4 is 11.9 Å². The number of hydrogen-bond donors (Lipinski definition) is 1. The lowest BCUT2D eigenvalue weighted by atomic mass is 9.95. The lowest BCUT2D eigenvalue weighted by molar-refractivity contribution is -0.159. The molecule has 0 aromatic rings. The molecule has 1 atom stereocenters. The lowest BCUT2D eigenvalue weighted by Crippen LogP contribution is -2.51. The van der Waals surface area contributed by atoms with Crippen molar-refractivity contribution in [3.05, 3.63) is 0 Å². The van der Waals surface area contributed by atoms with Gasteiger partial charge in [0.05, 0.1) is 6.42 Å². The van der Waals surface area contributed by atoms with Crippen LogP contribution in [0, 0.1) is 0 Å². The smallest absolute Gasteiger partial charge is 0.323 e. The number of carbonyl (C=O) groups is 2. The first-order valence-corrected chi connectivity index (χ1v) is 7.40. The highest BCUT2D eigenvalue weighted by Crippen LogP contribution is 2.18. The van der Waals surface area contributed by atoms with Gasteiger partial charge in [0.25, 0.3) is 0 Å². The minimum Gasteiger partial charge on any atom is -0.463 e. The van der Waals surface area contributed by atoms with Gasteiger partial charge < -0.3 is 10.1 Å². The van der Waals surface area contributed by atoms with E-state index in [0.29, 0.717) is 12.6 Å². The van der Waals surface area contributed by atoms with Gasteiger partial charge in [0, 0.05) is 12.6 Å². The number of rotatable bonds is 4. The summed E-state index contributed by atoms with van der Waals surface area (Å²) in [7, 11) is 0. The fourth-order valence-electron chi connectivity index (χ4n) is 2.96. The average molecular weight is 268 g/mol. The molecule has 5 heteroatoms. The van der Waals surface area contributed by atoms with Crippen molar-refractivity contribution in [2.45, 2.75) is 57.5 Å². The Morgan fingerprint density at radius 1 is 1.37 bits per heavy atom. The monoisotopic (exact) mass is 268 g/mol. The van der Waals surface area contributed by atoms with Gasteiger partial charge in [-0.2, -0.15) is 0 Å². The maximum atomic E-state index is 12.0. The van der Waals surface area contributed by atoms with E-state index in [2.05, 4.69) is 5.32 Å². The molecular weight excluding hydrogens is 244 g/mol. The summed E-state index contributed by atoms with van der Waals surface area (Å²) in [5.41, 5.74) is 0. The van der Waals surface area contributed by atoms with Crippen molar-refractivity contribution in [3.8, 4) is 0 Å². The minimum atomic E-state index is -0.401. The first-order chi connectivity index (χ1) is 9.20. The van der Waals surface area contributed by atoms with Gasteiger partial charge in [0.15, 0.2) is 0 Å². The molecule has 1 N–H and O–H groups in total. The fourth-order valence-corrected chi connectivity index (χ4v) is 2.96. The molecule has 1 heterocycles. The second-order valence-electron chi connectivity index (χ2n) is 5.42. The molecule has 1 aliphatic heterocycles. The van der Waals surface area contributed by atoms with E-state index in [0.717, 1.165) is 25.9 Å². The Balaban J connectivity index is 1.83. The van der Waals surface area contributed by atoms with Crippen LogP contribution < -0.4 is 5.32 Å². The fraction of sp³-hybridized carbons (Fsp3) is 0.857. The number of amides is 1. The van der Waals surface area contributed by atoms with Crippen molar-refractivity contribution in [3.63, 3.8) is 0 Å². The Labute approximate surface area is 114 Å². The molecule has 1 saturated heterocycles. The van der Waals surface area contributed by atoms with E-state index in [4.69, 9.17) is 4.74 Å². The van der Waals surface area contributed by atoms with Gasteiger partial charge in [0.1, 0.15) is 12.6 Å². The summed E-state index contributed by atoms with van der Waals surface area (Å²) in [6.45, 7) is 3.94. The molecule has 108 valence electrons. The summed E-state index contributed by atoms with van der Waals surface area (Å²) < 4.78 is 5.05. The SMILES string of the molecule is CCN1CCOC(=O)[C@H]1CC(=O)NC1CCCCC1. The zero-order valence-electron chi connectivity index (χ0n) is 11.7. The van der Waals surface area contributed by atoms with E-state index in [1.807, 2.05) is 11.8 Å². The van der Waals surface area contributed by atoms with Crippen LogP contribution in [0.15, 0.2) is 0 Å². The summed E-state index contributed by atoms with van der Waals surface area (Å²) in [5.74, 6) is -0.277. The van der Waals surface area contributed by atoms with Crippen LogP contribution in [-0.2, 0) is 14.3 Å². The molecular formula is C14H24N2O3. The third kappa shape index (κ3) is 3.93. The normalized spacial score (nSPS) is 25.9. The first kappa shape index (κ1) is 14.3. The molecule has 0 unspecified atom stereocenters. The van der Waals surface area contributed by atoms with Crippen molar-refractivity contribution in [2.24, 2.45) is 0 Å². The van der Waals surface area contributed by atoms with Crippen LogP contribution in [0.3, 0.4) is 0 Å². The first-order valence-electron chi connectivity index (χ1n) is 7.40. The molecule has 0 bridgehead atoms. The molecule has 0 aromatic heterocycles. The molecule has 19 heavy (non-hydrogen) atoms. The van der Waals surface area contributed by atoms with Crippen molar-refractivity contribution in [2.75, 3.05) is 19.7 Å². The number of hydrogen-bond acceptors (Lipinski definition) is 4. The molecule has 1 saturated carbocycles. The van der Waals surface area contributed by atoms with Gasteiger partial charge in [-0.25, -0.2) is 0 Å². The van der Waals surface area contributed by atoms with E-state index >= 15 is 0 Å². The maximum absolute atomic E-state index is 12.0. The molecule has 0 aromatic carbocycles. The summed E-state index contributed by atoms with van der Waals surface area (Å²) in [6.07, 6.45) is 6.01. The Bertz CT molecular complexity index is 327. The highest BCUT2D eigenvalue weighted by molar-refractivity contribution is 5.85. The number of esters is 1. The van der Waals surface area contributed by atoms with Crippen LogP contribution in [0.4, 0.5) is 0 Å². The van der Waals surface area contributed by atoms with Crippen LogP contribution in [-0.4, -0.2) is 48.6 Å². The highest BCUT2D eigenvalue weighted by Gasteiger charge is 2.32. The zero-order chi connectivity index (χ0) is 13.7. The average Bonchev–Trinajstić information content (AvgIpc) is 2.42. The van der Waals surface area contributed by atoms with E-state index in [9.17, 15) is 9.59 Å². The summed E-state index contributed by atoms with van der Waals surface area (Å²) in [5, 5.41) is 3.06. The lowest BCUT2D eigenvalue weighted by Gasteiger charge is -2.33. The van der Waals surface area contributed by atoms with Crippen molar-refractivity contribution in [1.29, 1.82) is 0 Å². The minimum absolute atomic E-state index is 0.0193. The maximum Gasteiger partial charge on any atom is 0.323 e. The molecule has 0 radical (unpaired) electrons. The third-order valence-corrected chi connectivity index (χ3v) is 4.09. The number of cyclic esters (lactones) is 1. The highest BCUT2D eigenvalue weighted by atomic mass is 16.5. The Kier molecular flexibility index (Phi) is 5.19. The molecule has 1 amide bonds. The predicted octanol–water partition coefficient (Wildman–Crippen LogP) is 1.07. The quantitative estimate of drug-likeness (QED) is 0.775. The second-order valence-corrected chi connectivity index (χ2v) is 5.42. The largest absolute Gasteiger partial charge is 0.463 e. The topological polar surface area (TPSA) is 58.6 Å². The van der Waals surface area contributed by atoms with E-state index in [1.165, 1.54) is 19.3 Å². The van der Waals surface area contributed by atoms with Crippen LogP contribution in [0.25, 0.3) is 0 Å². The van der Waals surface area contributed by atoms with E-state index < -0.39 is 6.04 Å². The number of morpholine rings is 1. The number of carbonyl (C=O) groups excluding carboxylic acids is 2. The Morgan fingerprint density at radius 2 is 2.11 bits per heavy atom. The molecule has 2 aliphatic rings. The third-order valence-electron chi connectivity index (χ3n) is 4.09. The van der Waals surface area contributed by atoms with Gasteiger partial charge in [0.2, 0.25) is 5.91 Å².